The molecule has 0 amide bonds. The van der Waals surface area contributed by atoms with Gasteiger partial charge in [0.15, 0.2) is 12.4 Å². The van der Waals surface area contributed by atoms with Gasteiger partial charge in [-0.3, -0.25) is 9.78 Å². The molecule has 0 aliphatic rings. The van der Waals surface area contributed by atoms with Crippen LogP contribution in [0, 0.1) is 0 Å². The summed E-state index contributed by atoms with van der Waals surface area (Å²) in [6.07, 6.45) is 2.97. The van der Waals surface area contributed by atoms with Crippen molar-refractivity contribution in [2.24, 2.45) is 0 Å². The topological polar surface area (TPSA) is 76.5 Å². The van der Waals surface area contributed by atoms with E-state index >= 15 is 0 Å². The maximum Gasteiger partial charge on any atom is 0.341 e. The second-order valence-electron chi connectivity index (χ2n) is 3.99. The number of benzene rings is 1. The Morgan fingerprint density at radius 1 is 1.19 bits per heavy atom. The van der Waals surface area contributed by atoms with Gasteiger partial charge in [0.1, 0.15) is 10.8 Å². The van der Waals surface area contributed by atoms with Gasteiger partial charge >= 0.3 is 5.97 Å². The molecule has 0 bridgehead atoms. The van der Waals surface area contributed by atoms with E-state index in [4.69, 9.17) is 33.0 Å². The fourth-order valence-electron chi connectivity index (χ4n) is 1.61. The van der Waals surface area contributed by atoms with Gasteiger partial charge in [-0.05, 0) is 24.3 Å². The van der Waals surface area contributed by atoms with Gasteiger partial charge in [0.05, 0.1) is 5.02 Å². The number of carbonyl (C=O) groups excluding carboxylic acids is 1. The van der Waals surface area contributed by atoms with Gasteiger partial charge in [0, 0.05) is 23.5 Å². The molecule has 1 aromatic carbocycles. The number of hydrogen-bond donors (Lipinski definition) is 1. The number of halogens is 2. The van der Waals surface area contributed by atoms with Gasteiger partial charge in [0.2, 0.25) is 0 Å². The van der Waals surface area contributed by atoms with Crippen LogP contribution in [0.5, 0.6) is 5.75 Å². The van der Waals surface area contributed by atoms with Crippen molar-refractivity contribution >= 4 is 35.0 Å². The van der Waals surface area contributed by atoms with Crippen LogP contribution in [-0.4, -0.2) is 28.4 Å². The average molecular weight is 326 g/mol. The van der Waals surface area contributed by atoms with Crippen molar-refractivity contribution in [3.8, 4) is 5.75 Å². The van der Waals surface area contributed by atoms with Gasteiger partial charge in [0.25, 0.3) is 0 Å². The Hall–Kier alpha value is -2.11. The molecule has 21 heavy (non-hydrogen) atoms. The number of carbonyl (C=O) groups is 2. The van der Waals surface area contributed by atoms with E-state index in [-0.39, 0.29) is 27.1 Å². The van der Waals surface area contributed by atoms with E-state index in [1.54, 1.807) is 18.3 Å². The molecule has 7 heteroatoms. The highest BCUT2D eigenvalue weighted by Gasteiger charge is 2.18. The SMILES string of the molecule is O=C(O)COc1ccc(C(=O)c2cccnc2)c(Cl)c1Cl. The summed E-state index contributed by atoms with van der Waals surface area (Å²) in [7, 11) is 0. The first kappa shape index (κ1) is 15.3. The van der Waals surface area contributed by atoms with Gasteiger partial charge in [-0.1, -0.05) is 23.2 Å². The Labute approximate surface area is 130 Å². The molecule has 1 aromatic heterocycles. The van der Waals surface area contributed by atoms with Crippen LogP contribution in [0.3, 0.4) is 0 Å². The van der Waals surface area contributed by atoms with Crippen molar-refractivity contribution in [3.63, 3.8) is 0 Å². The Kier molecular flexibility index (Phi) is 4.77. The number of aromatic nitrogens is 1. The highest BCUT2D eigenvalue weighted by atomic mass is 35.5. The monoisotopic (exact) mass is 325 g/mol. The summed E-state index contributed by atoms with van der Waals surface area (Å²) in [5.74, 6) is -1.37. The molecule has 2 aromatic rings. The molecule has 0 aliphatic carbocycles. The van der Waals surface area contributed by atoms with Crippen molar-refractivity contribution in [2.75, 3.05) is 6.61 Å². The summed E-state index contributed by atoms with van der Waals surface area (Å²) in [6, 6.07) is 6.07. The minimum Gasteiger partial charge on any atom is -0.480 e. The van der Waals surface area contributed by atoms with E-state index in [9.17, 15) is 9.59 Å². The number of ketones is 1. The van der Waals surface area contributed by atoms with Gasteiger partial charge in [-0.15, -0.1) is 0 Å². The summed E-state index contributed by atoms with van der Waals surface area (Å²) < 4.78 is 4.98. The van der Waals surface area contributed by atoms with E-state index in [2.05, 4.69) is 4.98 Å². The predicted molar refractivity (Wildman–Crippen MR) is 77.3 cm³/mol. The van der Waals surface area contributed by atoms with Crippen LogP contribution in [-0.2, 0) is 4.79 Å². The van der Waals surface area contributed by atoms with Crippen LogP contribution in [0.15, 0.2) is 36.7 Å². The summed E-state index contributed by atoms with van der Waals surface area (Å²) in [5.41, 5.74) is 0.562. The summed E-state index contributed by atoms with van der Waals surface area (Å²) >= 11 is 12.1. The van der Waals surface area contributed by atoms with E-state index in [0.29, 0.717) is 5.56 Å². The van der Waals surface area contributed by atoms with E-state index < -0.39 is 12.6 Å². The smallest absolute Gasteiger partial charge is 0.341 e. The Bertz CT molecular complexity index is 689. The summed E-state index contributed by atoms with van der Waals surface area (Å²) in [5, 5.41) is 8.57. The molecular formula is C14H9Cl2NO4. The largest absolute Gasteiger partial charge is 0.480 e. The first-order chi connectivity index (χ1) is 10.0. The maximum absolute atomic E-state index is 12.3. The van der Waals surface area contributed by atoms with Gasteiger partial charge < -0.3 is 9.84 Å². The molecule has 1 heterocycles. The first-order valence-electron chi connectivity index (χ1n) is 5.78. The molecule has 0 aliphatic heterocycles. The molecule has 1 N–H and O–H groups in total. The Morgan fingerprint density at radius 3 is 2.57 bits per heavy atom. The maximum atomic E-state index is 12.3. The quantitative estimate of drug-likeness (QED) is 0.855. The molecule has 0 spiro atoms. The number of carboxylic acid groups (broad SMARTS) is 1. The van der Waals surface area contributed by atoms with Crippen LogP contribution >= 0.6 is 23.2 Å². The standard InChI is InChI=1S/C14H9Cl2NO4/c15-12-9(14(20)8-2-1-5-17-6-8)3-4-10(13(12)16)21-7-11(18)19/h1-6H,7H2,(H,18,19). The number of pyridine rings is 1. The van der Waals surface area contributed by atoms with Gasteiger partial charge in [-0.25, -0.2) is 4.79 Å². The predicted octanol–water partition coefficient (Wildman–Crippen LogP) is 3.08. The van der Waals surface area contributed by atoms with E-state index in [1.807, 2.05) is 0 Å². The van der Waals surface area contributed by atoms with Crippen LogP contribution in [0.25, 0.3) is 0 Å². The third kappa shape index (κ3) is 3.51. The van der Waals surface area contributed by atoms with Crippen molar-refractivity contribution < 1.29 is 19.4 Å². The molecule has 0 atom stereocenters. The molecule has 0 saturated heterocycles. The van der Waals surface area contributed by atoms with E-state index in [0.717, 1.165) is 0 Å². The number of aliphatic carboxylic acids is 1. The molecule has 0 radical (unpaired) electrons. The van der Waals surface area contributed by atoms with Crippen LogP contribution in [0.1, 0.15) is 15.9 Å². The zero-order valence-corrected chi connectivity index (χ0v) is 12.1. The van der Waals surface area contributed by atoms with Crippen molar-refractivity contribution in [2.45, 2.75) is 0 Å². The molecular weight excluding hydrogens is 317 g/mol. The zero-order valence-electron chi connectivity index (χ0n) is 10.5. The lowest BCUT2D eigenvalue weighted by molar-refractivity contribution is -0.139. The lowest BCUT2D eigenvalue weighted by Gasteiger charge is -2.10. The first-order valence-corrected chi connectivity index (χ1v) is 6.53. The molecule has 0 fully saturated rings. The summed E-state index contributed by atoms with van der Waals surface area (Å²) in [6.45, 7) is -0.550. The lowest BCUT2D eigenvalue weighted by atomic mass is 10.0. The zero-order chi connectivity index (χ0) is 15.4. The number of ether oxygens (including phenoxy) is 1. The molecule has 108 valence electrons. The number of carboxylic acids is 1. The van der Waals surface area contributed by atoms with Crippen LogP contribution in [0.2, 0.25) is 10.0 Å². The third-order valence-corrected chi connectivity index (χ3v) is 3.43. The van der Waals surface area contributed by atoms with Crippen molar-refractivity contribution in [1.82, 2.24) is 4.98 Å². The third-order valence-electron chi connectivity index (χ3n) is 2.57. The molecule has 0 saturated carbocycles. The summed E-state index contributed by atoms with van der Waals surface area (Å²) in [4.78, 5) is 26.6. The Balaban J connectivity index is 2.32. The number of rotatable bonds is 5. The second kappa shape index (κ2) is 6.56. The number of nitrogens with zero attached hydrogens (tertiary/aromatic N) is 1. The second-order valence-corrected chi connectivity index (χ2v) is 4.75. The Morgan fingerprint density at radius 2 is 1.95 bits per heavy atom. The molecule has 5 nitrogen and oxygen atoms in total. The number of hydrogen-bond acceptors (Lipinski definition) is 4. The van der Waals surface area contributed by atoms with Crippen molar-refractivity contribution in [3.05, 3.63) is 57.8 Å². The minimum absolute atomic E-state index is 0.00680. The fraction of sp³-hybridized carbons (Fsp3) is 0.0714. The van der Waals surface area contributed by atoms with Crippen LogP contribution in [0.4, 0.5) is 0 Å². The highest BCUT2D eigenvalue weighted by molar-refractivity contribution is 6.45. The average Bonchev–Trinajstić information content (AvgIpc) is 2.49. The minimum atomic E-state index is -1.14. The van der Waals surface area contributed by atoms with Crippen molar-refractivity contribution in [1.29, 1.82) is 0 Å². The van der Waals surface area contributed by atoms with Crippen LogP contribution < -0.4 is 4.74 Å². The van der Waals surface area contributed by atoms with E-state index in [1.165, 1.54) is 18.3 Å². The van der Waals surface area contributed by atoms with Gasteiger partial charge in [-0.2, -0.15) is 0 Å². The molecule has 2 rings (SSSR count). The highest BCUT2D eigenvalue weighted by Crippen LogP contribution is 2.35. The fourth-order valence-corrected chi connectivity index (χ4v) is 2.07. The lowest BCUT2D eigenvalue weighted by Crippen LogP contribution is -2.10. The molecule has 0 unspecified atom stereocenters. The normalized spacial score (nSPS) is 10.2.